The maximum absolute atomic E-state index is 4.63. The highest BCUT2D eigenvalue weighted by molar-refractivity contribution is 5.57. The quantitative estimate of drug-likeness (QED) is 0.713. The molecule has 0 bridgehead atoms. The summed E-state index contributed by atoms with van der Waals surface area (Å²) in [5.41, 5.74) is 0.856. The molecule has 4 heterocycles. The molecule has 9 nitrogen and oxygen atoms in total. The van der Waals surface area contributed by atoms with Crippen molar-refractivity contribution < 1.29 is 0 Å². The van der Waals surface area contributed by atoms with Gasteiger partial charge in [-0.25, -0.2) is 9.97 Å². The number of aryl methyl sites for hydroxylation is 1. The normalized spacial score (nSPS) is 14.9. The van der Waals surface area contributed by atoms with E-state index < -0.39 is 0 Å². The smallest absolute Gasteiger partial charge is 0.233 e. The summed E-state index contributed by atoms with van der Waals surface area (Å²) in [5, 5.41) is 3.21. The average molecular weight is 377 g/mol. The molecule has 0 atom stereocenters. The average Bonchev–Trinajstić information content (AvgIpc) is 2.75. The van der Waals surface area contributed by atoms with E-state index in [0.717, 1.165) is 44.0 Å². The number of nitrogens with one attached hydrogen (secondary N) is 1. The molecular weight excluding hydrogens is 354 g/mol. The highest BCUT2D eigenvalue weighted by atomic mass is 15.3. The molecule has 3 aromatic heterocycles. The molecule has 144 valence electrons. The van der Waals surface area contributed by atoms with Crippen LogP contribution in [-0.2, 0) is 6.42 Å². The number of hydrogen-bond donors (Lipinski definition) is 1. The largest absolute Gasteiger partial charge is 0.338 e. The lowest BCUT2D eigenvalue weighted by molar-refractivity contribution is 0.311. The Morgan fingerprint density at radius 1 is 1.00 bits per heavy atom. The molecule has 0 aliphatic carbocycles. The standard InChI is InChI=1S/C19H23N9/c1-3-15-23-18(26-19(25-15)28-11-9-27(2)10-12-28)24-16-6-8-21-17(22-16)14-5-4-7-20-13-14/h4-8,13H,3,9-12H2,1-2H3,(H,21,22,23,24,25,26). The van der Waals surface area contributed by atoms with E-state index in [1.54, 1.807) is 24.7 Å². The minimum atomic E-state index is 0.497. The van der Waals surface area contributed by atoms with Crippen LogP contribution < -0.4 is 10.2 Å². The second-order valence-corrected chi connectivity index (χ2v) is 6.65. The maximum Gasteiger partial charge on any atom is 0.233 e. The van der Waals surface area contributed by atoms with Crippen LogP contribution in [0.3, 0.4) is 0 Å². The van der Waals surface area contributed by atoms with Crippen LogP contribution in [0.25, 0.3) is 11.4 Å². The molecule has 0 aromatic carbocycles. The molecule has 1 aliphatic heterocycles. The van der Waals surface area contributed by atoms with Crippen LogP contribution >= 0.6 is 0 Å². The van der Waals surface area contributed by atoms with Crippen LogP contribution in [0, 0.1) is 0 Å². The van der Waals surface area contributed by atoms with Gasteiger partial charge in [-0.15, -0.1) is 0 Å². The van der Waals surface area contributed by atoms with Gasteiger partial charge in [0.1, 0.15) is 11.6 Å². The van der Waals surface area contributed by atoms with Crippen LogP contribution in [0.15, 0.2) is 36.8 Å². The summed E-state index contributed by atoms with van der Waals surface area (Å²) in [7, 11) is 2.13. The number of piperazine rings is 1. The van der Waals surface area contributed by atoms with E-state index in [0.29, 0.717) is 23.5 Å². The Balaban J connectivity index is 1.58. The molecule has 28 heavy (non-hydrogen) atoms. The van der Waals surface area contributed by atoms with Crippen LogP contribution in [0.5, 0.6) is 0 Å². The number of likely N-dealkylation sites (N-methyl/N-ethyl adjacent to an activating group) is 1. The molecule has 0 saturated carbocycles. The van der Waals surface area contributed by atoms with E-state index in [-0.39, 0.29) is 0 Å². The third kappa shape index (κ3) is 4.20. The minimum absolute atomic E-state index is 0.497. The number of pyridine rings is 1. The summed E-state index contributed by atoms with van der Waals surface area (Å²) in [6, 6.07) is 5.58. The van der Waals surface area contributed by atoms with Crippen LogP contribution in [0.2, 0.25) is 0 Å². The molecule has 9 heteroatoms. The van der Waals surface area contributed by atoms with Crippen molar-refractivity contribution in [1.29, 1.82) is 0 Å². The van der Waals surface area contributed by atoms with Gasteiger partial charge in [-0.1, -0.05) is 6.92 Å². The van der Waals surface area contributed by atoms with Crippen molar-refractivity contribution in [2.75, 3.05) is 43.4 Å². The number of aromatic nitrogens is 6. The Morgan fingerprint density at radius 3 is 2.61 bits per heavy atom. The summed E-state index contributed by atoms with van der Waals surface area (Å²) in [6.45, 7) is 5.84. The van der Waals surface area contributed by atoms with Gasteiger partial charge < -0.3 is 15.1 Å². The molecule has 0 amide bonds. The van der Waals surface area contributed by atoms with Gasteiger partial charge in [0.15, 0.2) is 5.82 Å². The zero-order valence-corrected chi connectivity index (χ0v) is 16.1. The van der Waals surface area contributed by atoms with Crippen molar-refractivity contribution in [3.63, 3.8) is 0 Å². The summed E-state index contributed by atoms with van der Waals surface area (Å²) >= 11 is 0. The summed E-state index contributed by atoms with van der Waals surface area (Å²) in [5.74, 6) is 3.20. The van der Waals surface area contributed by atoms with Crippen molar-refractivity contribution in [2.45, 2.75) is 13.3 Å². The number of hydrogen-bond acceptors (Lipinski definition) is 9. The van der Waals surface area contributed by atoms with E-state index in [1.807, 2.05) is 19.1 Å². The van der Waals surface area contributed by atoms with Crippen molar-refractivity contribution >= 4 is 17.7 Å². The highest BCUT2D eigenvalue weighted by Crippen LogP contribution is 2.19. The van der Waals surface area contributed by atoms with E-state index in [4.69, 9.17) is 0 Å². The molecule has 0 unspecified atom stereocenters. The van der Waals surface area contributed by atoms with Gasteiger partial charge >= 0.3 is 0 Å². The van der Waals surface area contributed by atoms with Gasteiger partial charge in [0.05, 0.1) is 0 Å². The predicted molar refractivity (Wildman–Crippen MR) is 107 cm³/mol. The Morgan fingerprint density at radius 2 is 1.86 bits per heavy atom. The molecule has 1 fully saturated rings. The van der Waals surface area contributed by atoms with Crippen molar-refractivity contribution in [1.82, 2.24) is 34.8 Å². The van der Waals surface area contributed by atoms with E-state index in [9.17, 15) is 0 Å². The molecule has 3 aromatic rings. The summed E-state index contributed by atoms with van der Waals surface area (Å²) in [4.78, 5) is 31.3. The molecule has 4 rings (SSSR count). The molecule has 1 aliphatic rings. The first kappa shape index (κ1) is 18.2. The Hall–Kier alpha value is -3.20. The third-order valence-electron chi connectivity index (χ3n) is 4.59. The Labute approximate surface area is 163 Å². The fourth-order valence-corrected chi connectivity index (χ4v) is 2.95. The van der Waals surface area contributed by atoms with E-state index in [2.05, 4.69) is 52.1 Å². The van der Waals surface area contributed by atoms with Gasteiger partial charge in [-0.2, -0.15) is 15.0 Å². The first-order valence-electron chi connectivity index (χ1n) is 9.40. The molecule has 1 N–H and O–H groups in total. The third-order valence-corrected chi connectivity index (χ3v) is 4.59. The Kier molecular flexibility index (Phi) is 5.34. The number of anilines is 3. The van der Waals surface area contributed by atoms with Crippen LogP contribution in [0.1, 0.15) is 12.7 Å². The van der Waals surface area contributed by atoms with Crippen LogP contribution in [0.4, 0.5) is 17.7 Å². The molecule has 0 spiro atoms. The van der Waals surface area contributed by atoms with Gasteiger partial charge in [-0.3, -0.25) is 4.98 Å². The second-order valence-electron chi connectivity index (χ2n) is 6.65. The molecule has 0 radical (unpaired) electrons. The van der Waals surface area contributed by atoms with Crippen molar-refractivity contribution in [3.05, 3.63) is 42.6 Å². The van der Waals surface area contributed by atoms with Gasteiger partial charge in [0, 0.05) is 56.8 Å². The first-order valence-corrected chi connectivity index (χ1v) is 9.40. The summed E-state index contributed by atoms with van der Waals surface area (Å²) < 4.78 is 0. The topological polar surface area (TPSA) is 95.8 Å². The Bertz CT molecular complexity index is 924. The second kappa shape index (κ2) is 8.22. The summed E-state index contributed by atoms with van der Waals surface area (Å²) in [6.07, 6.45) is 5.91. The minimum Gasteiger partial charge on any atom is -0.338 e. The number of nitrogens with zero attached hydrogens (tertiary/aromatic N) is 8. The molecule has 1 saturated heterocycles. The fourth-order valence-electron chi connectivity index (χ4n) is 2.95. The SMILES string of the molecule is CCc1nc(Nc2ccnc(-c3cccnc3)n2)nc(N2CCN(C)CC2)n1. The number of rotatable bonds is 5. The van der Waals surface area contributed by atoms with E-state index >= 15 is 0 Å². The van der Waals surface area contributed by atoms with Crippen LogP contribution in [-0.4, -0.2) is 68.0 Å². The lowest BCUT2D eigenvalue weighted by atomic mass is 10.3. The van der Waals surface area contributed by atoms with Gasteiger partial charge in [0.25, 0.3) is 0 Å². The van der Waals surface area contributed by atoms with Gasteiger partial charge in [-0.05, 0) is 25.2 Å². The lowest BCUT2D eigenvalue weighted by Crippen LogP contribution is -2.45. The molecular formula is C19H23N9. The maximum atomic E-state index is 4.63. The fraction of sp³-hybridized carbons (Fsp3) is 0.368. The van der Waals surface area contributed by atoms with E-state index in [1.165, 1.54) is 0 Å². The first-order chi connectivity index (χ1) is 13.7. The zero-order valence-electron chi connectivity index (χ0n) is 16.1. The predicted octanol–water partition coefficient (Wildman–Crippen LogP) is 1.78. The monoisotopic (exact) mass is 377 g/mol. The van der Waals surface area contributed by atoms with Gasteiger partial charge in [0.2, 0.25) is 11.9 Å². The zero-order chi connectivity index (χ0) is 19.3. The van der Waals surface area contributed by atoms with Crippen molar-refractivity contribution in [2.24, 2.45) is 0 Å². The highest BCUT2D eigenvalue weighted by Gasteiger charge is 2.18. The van der Waals surface area contributed by atoms with Crippen molar-refractivity contribution in [3.8, 4) is 11.4 Å². The lowest BCUT2D eigenvalue weighted by Gasteiger charge is -2.32.